The Bertz CT molecular complexity index is 814. The zero-order valence-electron chi connectivity index (χ0n) is 14.9. The van der Waals surface area contributed by atoms with E-state index in [0.717, 1.165) is 59.0 Å². The molecule has 0 aliphatic heterocycles. The highest BCUT2D eigenvalue weighted by molar-refractivity contribution is 6.08. The monoisotopic (exact) mass is 340 g/mol. The minimum absolute atomic E-state index is 0.0685. The summed E-state index contributed by atoms with van der Waals surface area (Å²) in [6, 6.07) is 6.07. The molecule has 25 heavy (non-hydrogen) atoms. The van der Waals surface area contributed by atoms with E-state index in [1.807, 2.05) is 25.1 Å². The SMILES string of the molecule is COC(=O)CCCNC(=O)c1c2c(nc3ccc(C)cc13)CCCC2. The fourth-order valence-electron chi connectivity index (χ4n) is 3.42. The summed E-state index contributed by atoms with van der Waals surface area (Å²) in [6.07, 6.45) is 4.93. The molecular weight excluding hydrogens is 316 g/mol. The third kappa shape index (κ3) is 3.81. The highest BCUT2D eigenvalue weighted by Gasteiger charge is 2.22. The first-order valence-corrected chi connectivity index (χ1v) is 8.87. The van der Waals surface area contributed by atoms with E-state index in [1.54, 1.807) is 0 Å². The molecule has 1 heterocycles. The van der Waals surface area contributed by atoms with Crippen LogP contribution in [0.4, 0.5) is 0 Å². The van der Waals surface area contributed by atoms with Gasteiger partial charge in [-0.15, -0.1) is 0 Å². The number of carbonyl (C=O) groups excluding carboxylic acids is 2. The molecule has 0 bridgehead atoms. The second-order valence-corrected chi connectivity index (χ2v) is 6.58. The van der Waals surface area contributed by atoms with Crippen molar-refractivity contribution in [3.63, 3.8) is 0 Å². The van der Waals surface area contributed by atoms with E-state index >= 15 is 0 Å². The van der Waals surface area contributed by atoms with E-state index < -0.39 is 0 Å². The highest BCUT2D eigenvalue weighted by Crippen LogP contribution is 2.29. The molecule has 0 radical (unpaired) electrons. The van der Waals surface area contributed by atoms with Crippen LogP contribution in [0.2, 0.25) is 0 Å². The van der Waals surface area contributed by atoms with Crippen LogP contribution in [0.3, 0.4) is 0 Å². The Morgan fingerprint density at radius 3 is 2.84 bits per heavy atom. The molecule has 0 fully saturated rings. The molecule has 2 aromatic rings. The normalized spacial score (nSPS) is 13.4. The van der Waals surface area contributed by atoms with Crippen LogP contribution in [-0.4, -0.2) is 30.5 Å². The lowest BCUT2D eigenvalue weighted by Gasteiger charge is -2.20. The van der Waals surface area contributed by atoms with Crippen LogP contribution in [0, 0.1) is 6.92 Å². The summed E-state index contributed by atoms with van der Waals surface area (Å²) >= 11 is 0. The molecule has 132 valence electrons. The van der Waals surface area contributed by atoms with Gasteiger partial charge in [0.1, 0.15) is 0 Å². The molecule has 1 amide bonds. The van der Waals surface area contributed by atoms with Crippen molar-refractivity contribution in [1.82, 2.24) is 10.3 Å². The van der Waals surface area contributed by atoms with Gasteiger partial charge in [-0.25, -0.2) is 0 Å². The third-order valence-electron chi connectivity index (χ3n) is 4.72. The molecule has 5 heteroatoms. The van der Waals surface area contributed by atoms with Crippen molar-refractivity contribution in [1.29, 1.82) is 0 Å². The van der Waals surface area contributed by atoms with Crippen LogP contribution in [0.5, 0.6) is 0 Å². The summed E-state index contributed by atoms with van der Waals surface area (Å²) in [6.45, 7) is 2.48. The van der Waals surface area contributed by atoms with Crippen molar-refractivity contribution in [3.8, 4) is 0 Å². The van der Waals surface area contributed by atoms with E-state index in [2.05, 4.69) is 10.1 Å². The maximum Gasteiger partial charge on any atom is 0.305 e. The lowest BCUT2D eigenvalue weighted by atomic mass is 9.89. The first-order chi connectivity index (χ1) is 12.1. The van der Waals surface area contributed by atoms with Gasteiger partial charge < -0.3 is 10.1 Å². The van der Waals surface area contributed by atoms with Crippen molar-refractivity contribution in [3.05, 3.63) is 40.6 Å². The quantitative estimate of drug-likeness (QED) is 0.671. The topological polar surface area (TPSA) is 68.3 Å². The average molecular weight is 340 g/mol. The van der Waals surface area contributed by atoms with Gasteiger partial charge in [0.25, 0.3) is 5.91 Å². The van der Waals surface area contributed by atoms with Gasteiger partial charge in [0.05, 0.1) is 18.2 Å². The van der Waals surface area contributed by atoms with Gasteiger partial charge in [0, 0.05) is 24.0 Å². The van der Waals surface area contributed by atoms with Crippen LogP contribution >= 0.6 is 0 Å². The number of nitrogens with zero attached hydrogens (tertiary/aromatic N) is 1. The van der Waals surface area contributed by atoms with Crippen LogP contribution in [0.1, 0.15) is 52.9 Å². The summed E-state index contributed by atoms with van der Waals surface area (Å²) in [5, 5.41) is 3.89. The van der Waals surface area contributed by atoms with Gasteiger partial charge in [0.2, 0.25) is 0 Å². The Morgan fingerprint density at radius 1 is 1.24 bits per heavy atom. The largest absolute Gasteiger partial charge is 0.469 e. The van der Waals surface area contributed by atoms with Gasteiger partial charge in [-0.05, 0) is 56.7 Å². The predicted molar refractivity (Wildman–Crippen MR) is 96.7 cm³/mol. The summed E-state index contributed by atoms with van der Waals surface area (Å²) < 4.78 is 4.63. The first kappa shape index (κ1) is 17.4. The Balaban J connectivity index is 1.89. The zero-order chi connectivity index (χ0) is 17.8. The smallest absolute Gasteiger partial charge is 0.305 e. The van der Waals surface area contributed by atoms with E-state index in [0.29, 0.717) is 19.4 Å². The summed E-state index contributed by atoms with van der Waals surface area (Å²) in [7, 11) is 1.37. The number of methoxy groups -OCH3 is 1. The lowest BCUT2D eigenvalue weighted by molar-refractivity contribution is -0.140. The molecule has 0 saturated heterocycles. The molecule has 5 nitrogen and oxygen atoms in total. The summed E-state index contributed by atoms with van der Waals surface area (Å²) in [5.41, 5.74) is 4.91. The maximum atomic E-state index is 12.9. The predicted octanol–water partition coefficient (Wildman–Crippen LogP) is 3.11. The van der Waals surface area contributed by atoms with E-state index in [1.165, 1.54) is 7.11 Å². The number of hydrogen-bond acceptors (Lipinski definition) is 4. The van der Waals surface area contributed by atoms with Gasteiger partial charge >= 0.3 is 5.97 Å². The fraction of sp³-hybridized carbons (Fsp3) is 0.450. The van der Waals surface area contributed by atoms with Gasteiger partial charge in [-0.2, -0.15) is 0 Å². The molecule has 1 aliphatic carbocycles. The number of ether oxygens (including phenoxy) is 1. The molecule has 1 aromatic heterocycles. The Kier molecular flexibility index (Phi) is 5.31. The number of fused-ring (bicyclic) bond motifs is 2. The number of carbonyl (C=O) groups is 2. The number of rotatable bonds is 5. The molecule has 0 atom stereocenters. The van der Waals surface area contributed by atoms with Gasteiger partial charge in [-0.1, -0.05) is 11.6 Å². The van der Waals surface area contributed by atoms with Crippen LogP contribution < -0.4 is 5.32 Å². The van der Waals surface area contributed by atoms with E-state index in [-0.39, 0.29) is 11.9 Å². The summed E-state index contributed by atoms with van der Waals surface area (Å²) in [4.78, 5) is 28.9. The number of nitrogens with one attached hydrogen (secondary N) is 1. The van der Waals surface area contributed by atoms with Crippen LogP contribution in [-0.2, 0) is 22.4 Å². The first-order valence-electron chi connectivity index (χ1n) is 8.87. The number of esters is 1. The molecule has 1 N–H and O–H groups in total. The highest BCUT2D eigenvalue weighted by atomic mass is 16.5. The van der Waals surface area contributed by atoms with E-state index in [9.17, 15) is 9.59 Å². The lowest BCUT2D eigenvalue weighted by Crippen LogP contribution is -2.27. The van der Waals surface area contributed by atoms with E-state index in [4.69, 9.17) is 4.98 Å². The van der Waals surface area contributed by atoms with Crippen molar-refractivity contribution in [2.75, 3.05) is 13.7 Å². The maximum absolute atomic E-state index is 12.9. The third-order valence-corrected chi connectivity index (χ3v) is 4.72. The van der Waals surface area contributed by atoms with Crippen LogP contribution in [0.15, 0.2) is 18.2 Å². The minimum Gasteiger partial charge on any atom is -0.469 e. The number of benzene rings is 1. The minimum atomic E-state index is -0.253. The molecule has 0 saturated carbocycles. The average Bonchev–Trinajstić information content (AvgIpc) is 2.62. The molecule has 0 spiro atoms. The van der Waals surface area contributed by atoms with Crippen molar-refractivity contribution < 1.29 is 14.3 Å². The van der Waals surface area contributed by atoms with Gasteiger partial charge in [0.15, 0.2) is 0 Å². The number of aromatic nitrogens is 1. The Labute approximate surface area is 147 Å². The Hall–Kier alpha value is -2.43. The molecule has 1 aromatic carbocycles. The van der Waals surface area contributed by atoms with Crippen molar-refractivity contribution in [2.45, 2.75) is 45.4 Å². The van der Waals surface area contributed by atoms with Crippen molar-refractivity contribution in [2.24, 2.45) is 0 Å². The second kappa shape index (κ2) is 7.64. The number of pyridine rings is 1. The van der Waals surface area contributed by atoms with Gasteiger partial charge in [-0.3, -0.25) is 14.6 Å². The molecule has 3 rings (SSSR count). The summed E-state index contributed by atoms with van der Waals surface area (Å²) in [5.74, 6) is -0.322. The molecule has 1 aliphatic rings. The van der Waals surface area contributed by atoms with Crippen molar-refractivity contribution >= 4 is 22.8 Å². The molecule has 0 unspecified atom stereocenters. The van der Waals surface area contributed by atoms with Crippen LogP contribution in [0.25, 0.3) is 10.9 Å². The number of amides is 1. The fourth-order valence-corrected chi connectivity index (χ4v) is 3.42. The second-order valence-electron chi connectivity index (χ2n) is 6.58. The number of aryl methyl sites for hydroxylation is 2. The Morgan fingerprint density at radius 2 is 2.04 bits per heavy atom. The number of hydrogen-bond donors (Lipinski definition) is 1. The standard InChI is InChI=1S/C20H24N2O3/c1-13-9-10-17-15(12-13)19(14-6-3-4-7-16(14)22-17)20(24)21-11-5-8-18(23)25-2/h9-10,12H,3-8,11H2,1-2H3,(H,21,24). The zero-order valence-corrected chi connectivity index (χ0v) is 14.9. The molecular formula is C20H24N2O3.